The van der Waals surface area contributed by atoms with Crippen molar-refractivity contribution in [3.8, 4) is 12.1 Å². The van der Waals surface area contributed by atoms with E-state index in [0.29, 0.717) is 51.8 Å². The Morgan fingerprint density at radius 1 is 1.10 bits per heavy atom. The van der Waals surface area contributed by atoms with Gasteiger partial charge in [0.05, 0.1) is 36.2 Å². The second kappa shape index (κ2) is 14.4. The normalized spacial score (nSPS) is 19.8. The minimum absolute atomic E-state index is 0.149. The number of carbonyl (C=O) groups excluding carboxylic acids is 1. The van der Waals surface area contributed by atoms with Crippen molar-refractivity contribution >= 4 is 34.2 Å². The van der Waals surface area contributed by atoms with Crippen molar-refractivity contribution in [3.63, 3.8) is 0 Å². The highest BCUT2D eigenvalue weighted by molar-refractivity contribution is 5.97. The summed E-state index contributed by atoms with van der Waals surface area (Å²) < 4.78 is 6.42. The number of carbonyl (C=O) groups is 2. The van der Waals surface area contributed by atoms with Crippen LogP contribution in [0.2, 0.25) is 0 Å². The summed E-state index contributed by atoms with van der Waals surface area (Å²) in [5, 5.41) is 21.7. The highest BCUT2D eigenvalue weighted by Gasteiger charge is 2.35. The lowest BCUT2D eigenvalue weighted by molar-refractivity contribution is -0.147. The predicted octanol–water partition coefficient (Wildman–Crippen LogP) is 4.96. The van der Waals surface area contributed by atoms with Crippen LogP contribution in [0.25, 0.3) is 10.8 Å². The number of aryl methyl sites for hydroxylation is 1. The highest BCUT2D eigenvalue weighted by Crippen LogP contribution is 2.36. The molecular weight excluding hydrogens is 618 g/mol. The molecule has 0 saturated carbocycles. The molecule has 4 heterocycles. The van der Waals surface area contributed by atoms with Crippen LogP contribution in [0.4, 0.5) is 11.5 Å². The van der Waals surface area contributed by atoms with Crippen LogP contribution >= 0.6 is 0 Å². The third-order valence-electron chi connectivity index (χ3n) is 10.5. The number of hydrogen-bond donors (Lipinski definition) is 1. The second-order valence-electron chi connectivity index (χ2n) is 14.2. The molecule has 11 nitrogen and oxygen atoms in total. The number of hydrogen-bond acceptors (Lipinski definition) is 9. The van der Waals surface area contributed by atoms with E-state index in [1.807, 2.05) is 0 Å². The molecule has 3 aliphatic rings. The van der Waals surface area contributed by atoms with Crippen LogP contribution in [0.3, 0.4) is 0 Å². The molecule has 1 amide bonds. The minimum Gasteiger partial charge on any atom is -0.481 e. The van der Waals surface area contributed by atoms with Gasteiger partial charge in [0.1, 0.15) is 12.4 Å². The monoisotopic (exact) mass is 665 g/mol. The lowest BCUT2D eigenvalue weighted by Gasteiger charge is -2.42. The summed E-state index contributed by atoms with van der Waals surface area (Å²) in [5.74, 6) is -0.134. The molecule has 2 aromatic carbocycles. The van der Waals surface area contributed by atoms with Crippen molar-refractivity contribution in [2.45, 2.75) is 71.5 Å². The number of aromatic nitrogens is 2. The molecule has 1 aromatic heterocycles. The summed E-state index contributed by atoms with van der Waals surface area (Å²) >= 11 is 0. The molecule has 1 N–H and O–H groups in total. The van der Waals surface area contributed by atoms with E-state index in [4.69, 9.17) is 14.7 Å². The fourth-order valence-electron chi connectivity index (χ4n) is 7.50. The lowest BCUT2D eigenvalue weighted by atomic mass is 9.89. The highest BCUT2D eigenvalue weighted by atomic mass is 16.5. The van der Waals surface area contributed by atoms with E-state index in [2.05, 4.69) is 70.7 Å². The number of aliphatic carboxylic acids is 1. The van der Waals surface area contributed by atoms with Crippen LogP contribution in [0.1, 0.15) is 56.4 Å². The first-order valence-corrected chi connectivity index (χ1v) is 17.4. The Bertz CT molecular complexity index is 1760. The van der Waals surface area contributed by atoms with Crippen molar-refractivity contribution in [2.75, 3.05) is 55.7 Å². The number of rotatable bonds is 11. The average molecular weight is 666 g/mol. The average Bonchev–Trinajstić information content (AvgIpc) is 3.56. The first-order valence-electron chi connectivity index (χ1n) is 17.4. The maximum Gasteiger partial charge on any atom is 0.318 e. The van der Waals surface area contributed by atoms with Crippen LogP contribution in [0.15, 0.2) is 49.1 Å². The molecule has 0 aliphatic carbocycles. The SMILES string of the molecule is C=CC(=O)N1CCN(c2nc(OC[C@@H]3CCCN3CCC(C)(C)C(=O)O)nc3c2CCN(c2cccc4cccc(C)c24)C3)C[C@@H]1CC#N. The van der Waals surface area contributed by atoms with Gasteiger partial charge in [0.2, 0.25) is 5.91 Å². The van der Waals surface area contributed by atoms with Gasteiger partial charge >= 0.3 is 12.0 Å². The standard InChI is InChI=1S/C38H47N7O4/c1-5-33(46)45-22-21-44(23-28(45)14-17-39)35-30-15-19-43(32-13-7-11-27-10-6-9-26(2)34(27)32)24-31(30)40-37(41-35)49-25-29-12-8-18-42(29)20-16-38(3,4)36(47)48/h5-7,9-11,13,28-29H,1,8,12,14-16,18-25H2,2-4H3,(H,47,48)/t28-,29-/m0/s1. The van der Waals surface area contributed by atoms with Gasteiger partial charge in [0.25, 0.3) is 0 Å². The fraction of sp³-hybridized carbons (Fsp3) is 0.500. The third kappa shape index (κ3) is 7.20. The molecule has 0 radical (unpaired) electrons. The molecule has 2 atom stereocenters. The first-order chi connectivity index (χ1) is 23.6. The van der Waals surface area contributed by atoms with Crippen LogP contribution in [0.5, 0.6) is 6.01 Å². The number of piperazine rings is 1. The fourth-order valence-corrected chi connectivity index (χ4v) is 7.50. The van der Waals surface area contributed by atoms with Gasteiger partial charge in [-0.3, -0.25) is 14.5 Å². The van der Waals surface area contributed by atoms with Crippen molar-refractivity contribution < 1.29 is 19.4 Å². The van der Waals surface area contributed by atoms with E-state index in [1.165, 1.54) is 28.1 Å². The summed E-state index contributed by atoms with van der Waals surface area (Å²) in [6.07, 6.45) is 4.85. The van der Waals surface area contributed by atoms with Crippen LogP contribution in [-0.2, 0) is 22.6 Å². The lowest BCUT2D eigenvalue weighted by Crippen LogP contribution is -2.55. The first kappa shape index (κ1) is 34.2. The zero-order chi connectivity index (χ0) is 34.7. The molecule has 49 heavy (non-hydrogen) atoms. The van der Waals surface area contributed by atoms with Gasteiger partial charge in [-0.05, 0) is 82.6 Å². The summed E-state index contributed by atoms with van der Waals surface area (Å²) in [6.45, 7) is 14.3. The zero-order valence-electron chi connectivity index (χ0n) is 28.9. The van der Waals surface area contributed by atoms with Crippen molar-refractivity contribution in [1.29, 1.82) is 5.26 Å². The maximum absolute atomic E-state index is 12.6. The predicted molar refractivity (Wildman–Crippen MR) is 190 cm³/mol. The molecule has 0 bridgehead atoms. The number of nitriles is 1. The van der Waals surface area contributed by atoms with E-state index >= 15 is 0 Å². The molecule has 258 valence electrons. The van der Waals surface area contributed by atoms with E-state index in [-0.39, 0.29) is 24.4 Å². The Morgan fingerprint density at radius 3 is 2.65 bits per heavy atom. The van der Waals surface area contributed by atoms with Gasteiger partial charge < -0.3 is 24.5 Å². The number of likely N-dealkylation sites (tertiary alicyclic amines) is 1. The van der Waals surface area contributed by atoms with Crippen LogP contribution in [0, 0.1) is 23.7 Å². The smallest absolute Gasteiger partial charge is 0.318 e. The van der Waals surface area contributed by atoms with Crippen molar-refractivity contribution in [2.24, 2.45) is 5.41 Å². The number of carboxylic acid groups (broad SMARTS) is 1. The number of amides is 1. The minimum atomic E-state index is -0.789. The van der Waals surface area contributed by atoms with Crippen molar-refractivity contribution in [3.05, 3.63) is 65.9 Å². The van der Waals surface area contributed by atoms with Gasteiger partial charge in [-0.25, -0.2) is 0 Å². The Balaban J connectivity index is 1.29. The number of ether oxygens (including phenoxy) is 1. The van der Waals surface area contributed by atoms with Crippen LogP contribution in [-0.4, -0.2) is 94.7 Å². The second-order valence-corrected chi connectivity index (χ2v) is 14.2. The Morgan fingerprint density at radius 2 is 1.90 bits per heavy atom. The topological polar surface area (TPSA) is 126 Å². The van der Waals surface area contributed by atoms with Gasteiger partial charge in [0, 0.05) is 48.9 Å². The van der Waals surface area contributed by atoms with Gasteiger partial charge in [-0.2, -0.15) is 15.2 Å². The Hall–Kier alpha value is -4.69. The number of anilines is 2. The molecule has 6 rings (SSSR count). The molecule has 0 spiro atoms. The number of fused-ring (bicyclic) bond motifs is 2. The van der Waals surface area contributed by atoms with E-state index < -0.39 is 11.4 Å². The number of benzene rings is 2. The third-order valence-corrected chi connectivity index (χ3v) is 10.5. The van der Waals surface area contributed by atoms with Gasteiger partial charge in [-0.1, -0.05) is 36.9 Å². The summed E-state index contributed by atoms with van der Waals surface area (Å²) in [5.41, 5.74) is 3.63. The summed E-state index contributed by atoms with van der Waals surface area (Å²) in [4.78, 5) is 43.0. The summed E-state index contributed by atoms with van der Waals surface area (Å²) in [7, 11) is 0. The molecule has 2 saturated heterocycles. The van der Waals surface area contributed by atoms with E-state index in [0.717, 1.165) is 49.4 Å². The molecular formula is C38H47N7O4. The number of nitrogens with zero attached hydrogens (tertiary/aromatic N) is 7. The molecule has 11 heteroatoms. The zero-order valence-corrected chi connectivity index (χ0v) is 28.9. The number of carboxylic acids is 1. The Labute approximate surface area is 288 Å². The summed E-state index contributed by atoms with van der Waals surface area (Å²) in [6, 6.07) is 15.3. The van der Waals surface area contributed by atoms with Gasteiger partial charge in [-0.15, -0.1) is 0 Å². The molecule has 3 aromatic rings. The maximum atomic E-state index is 12.6. The van der Waals surface area contributed by atoms with Crippen LogP contribution < -0.4 is 14.5 Å². The Kier molecular flexibility index (Phi) is 10.1. The largest absolute Gasteiger partial charge is 0.481 e. The van der Waals surface area contributed by atoms with E-state index in [9.17, 15) is 20.0 Å². The molecule has 0 unspecified atom stereocenters. The van der Waals surface area contributed by atoms with Crippen molar-refractivity contribution in [1.82, 2.24) is 19.8 Å². The van der Waals surface area contributed by atoms with Gasteiger partial charge in [0.15, 0.2) is 0 Å². The van der Waals surface area contributed by atoms with E-state index in [1.54, 1.807) is 18.7 Å². The molecule has 3 aliphatic heterocycles. The quantitative estimate of drug-likeness (QED) is 0.281. The molecule has 2 fully saturated rings.